The Morgan fingerprint density at radius 2 is 1.82 bits per heavy atom. The Bertz CT molecular complexity index is 1200. The van der Waals surface area contributed by atoms with Gasteiger partial charge in [-0.2, -0.15) is 13.2 Å². The van der Waals surface area contributed by atoms with Crippen molar-refractivity contribution in [1.29, 1.82) is 0 Å². The van der Waals surface area contributed by atoms with E-state index in [9.17, 15) is 27.5 Å². The summed E-state index contributed by atoms with van der Waals surface area (Å²) in [6.07, 6.45) is -4.02. The van der Waals surface area contributed by atoms with Crippen LogP contribution in [0.4, 0.5) is 17.6 Å². The van der Waals surface area contributed by atoms with E-state index in [0.29, 0.717) is 0 Å². The number of nitrogens with zero attached hydrogens (tertiary/aromatic N) is 1. The fourth-order valence-corrected chi connectivity index (χ4v) is 4.16. The number of hydrogen-bond acceptors (Lipinski definition) is 4. The molecule has 0 radical (unpaired) electrons. The first-order chi connectivity index (χ1) is 15.4. The first kappa shape index (κ1) is 25.0. The lowest BCUT2D eigenvalue weighted by Crippen LogP contribution is -2.46. The van der Waals surface area contributed by atoms with Crippen LogP contribution in [-0.2, 0) is 10.3 Å². The van der Waals surface area contributed by atoms with Crippen molar-refractivity contribution >= 4 is 29.2 Å². The fourth-order valence-electron chi connectivity index (χ4n) is 3.64. The smallest absolute Gasteiger partial charge is 0.422 e. The van der Waals surface area contributed by atoms with Crippen LogP contribution in [0, 0.1) is 5.82 Å². The van der Waals surface area contributed by atoms with Crippen molar-refractivity contribution in [1.82, 2.24) is 4.98 Å². The summed E-state index contributed by atoms with van der Waals surface area (Å²) >= 11 is 12.1. The van der Waals surface area contributed by atoms with Gasteiger partial charge < -0.3 is 9.84 Å². The third kappa shape index (κ3) is 4.55. The summed E-state index contributed by atoms with van der Waals surface area (Å²) in [5, 5.41) is 10.5. The molecular weight excluding hydrogens is 485 g/mol. The van der Waals surface area contributed by atoms with E-state index in [1.165, 1.54) is 37.3 Å². The Kier molecular flexibility index (Phi) is 7.02. The van der Waals surface area contributed by atoms with E-state index < -0.39 is 35.0 Å². The maximum Gasteiger partial charge on any atom is 0.422 e. The van der Waals surface area contributed by atoms with Crippen LogP contribution >= 0.6 is 23.2 Å². The SMILES string of the molecule is COC(=O)c1c(F)cccc1-c1ccc(C(C)C(O)(c2ccnc(Cl)c2)C(F)(F)F)c(Cl)c1. The Hall–Kier alpha value is -2.68. The molecule has 0 aliphatic heterocycles. The predicted octanol–water partition coefficient (Wildman–Crippen LogP) is 6.53. The number of pyridine rings is 1. The summed E-state index contributed by atoms with van der Waals surface area (Å²) in [4.78, 5) is 15.7. The van der Waals surface area contributed by atoms with Crippen molar-refractivity contribution in [3.05, 3.63) is 87.4 Å². The zero-order valence-corrected chi connectivity index (χ0v) is 18.8. The van der Waals surface area contributed by atoms with E-state index in [1.807, 2.05) is 0 Å². The number of halogens is 6. The highest BCUT2D eigenvalue weighted by Gasteiger charge is 2.59. The van der Waals surface area contributed by atoms with Gasteiger partial charge in [-0.25, -0.2) is 14.2 Å². The molecule has 1 N–H and O–H groups in total. The number of methoxy groups -OCH3 is 1. The Balaban J connectivity index is 2.13. The van der Waals surface area contributed by atoms with Gasteiger partial charge in [-0.15, -0.1) is 0 Å². The van der Waals surface area contributed by atoms with Gasteiger partial charge in [0.25, 0.3) is 0 Å². The molecule has 10 heteroatoms. The minimum Gasteiger partial charge on any atom is -0.465 e. The van der Waals surface area contributed by atoms with Gasteiger partial charge in [0.05, 0.1) is 7.11 Å². The molecule has 1 heterocycles. The van der Waals surface area contributed by atoms with Crippen molar-refractivity contribution in [3.63, 3.8) is 0 Å². The molecule has 0 saturated heterocycles. The number of alkyl halides is 3. The summed E-state index contributed by atoms with van der Waals surface area (Å²) in [5.41, 5.74) is -3.77. The van der Waals surface area contributed by atoms with Crippen LogP contribution in [0.15, 0.2) is 54.7 Å². The van der Waals surface area contributed by atoms with Crippen molar-refractivity contribution in [2.45, 2.75) is 24.6 Å². The first-order valence-electron chi connectivity index (χ1n) is 9.49. The van der Waals surface area contributed by atoms with Crippen LogP contribution < -0.4 is 0 Å². The van der Waals surface area contributed by atoms with Gasteiger partial charge in [0.15, 0.2) is 5.60 Å². The van der Waals surface area contributed by atoms with Crippen molar-refractivity contribution in [3.8, 4) is 11.1 Å². The number of carbonyl (C=O) groups excluding carboxylic acids is 1. The van der Waals surface area contributed by atoms with Gasteiger partial charge in [-0.05, 0) is 46.5 Å². The predicted molar refractivity (Wildman–Crippen MR) is 116 cm³/mol. The fraction of sp³-hybridized carbons (Fsp3) is 0.217. The maximum absolute atomic E-state index is 14.3. The minimum absolute atomic E-state index is 0.0239. The number of ether oxygens (including phenoxy) is 1. The van der Waals surface area contributed by atoms with E-state index in [1.54, 1.807) is 0 Å². The molecule has 0 amide bonds. The molecule has 4 nitrogen and oxygen atoms in total. The lowest BCUT2D eigenvalue weighted by Gasteiger charge is -2.37. The first-order valence-corrected chi connectivity index (χ1v) is 10.2. The standard InChI is InChI=1S/C23H17Cl2F4NO3/c1-12(22(32,23(27,28)29)14-8-9-30-19(25)11-14)15-7-6-13(10-17(15)24)16-4-3-5-18(26)20(16)21(31)33-2/h3-12,32H,1-2H3. The van der Waals surface area contributed by atoms with Crippen LogP contribution in [0.3, 0.4) is 0 Å². The van der Waals surface area contributed by atoms with Crippen LogP contribution in [0.2, 0.25) is 10.2 Å². The van der Waals surface area contributed by atoms with Crippen molar-refractivity contribution in [2.75, 3.05) is 7.11 Å². The molecule has 3 aromatic rings. The van der Waals surface area contributed by atoms with Gasteiger partial charge in [0.1, 0.15) is 16.5 Å². The lowest BCUT2D eigenvalue weighted by molar-refractivity contribution is -0.274. The number of aromatic nitrogens is 1. The second-order valence-electron chi connectivity index (χ2n) is 7.24. The van der Waals surface area contributed by atoms with E-state index in [0.717, 1.165) is 31.5 Å². The van der Waals surface area contributed by atoms with Crippen LogP contribution in [0.25, 0.3) is 11.1 Å². The van der Waals surface area contributed by atoms with Crippen molar-refractivity contribution < 1.29 is 32.2 Å². The molecule has 3 rings (SSSR count). The molecule has 2 unspecified atom stereocenters. The average Bonchev–Trinajstić information content (AvgIpc) is 2.76. The van der Waals surface area contributed by atoms with Crippen molar-refractivity contribution in [2.24, 2.45) is 0 Å². The molecule has 0 aliphatic rings. The highest BCUT2D eigenvalue weighted by Crippen LogP contribution is 2.50. The third-order valence-corrected chi connectivity index (χ3v) is 5.94. The van der Waals surface area contributed by atoms with E-state index >= 15 is 0 Å². The molecule has 174 valence electrons. The molecule has 2 atom stereocenters. The molecule has 1 aromatic heterocycles. The zero-order valence-electron chi connectivity index (χ0n) is 17.3. The molecular formula is C23H17Cl2F4NO3. The average molecular weight is 502 g/mol. The summed E-state index contributed by atoms with van der Waals surface area (Å²) < 4.78 is 61.2. The second kappa shape index (κ2) is 9.29. The molecule has 0 aliphatic carbocycles. The number of hydrogen-bond donors (Lipinski definition) is 1. The lowest BCUT2D eigenvalue weighted by atomic mass is 9.77. The topological polar surface area (TPSA) is 59.4 Å². The molecule has 33 heavy (non-hydrogen) atoms. The summed E-state index contributed by atoms with van der Waals surface area (Å²) in [6, 6.07) is 9.83. The van der Waals surface area contributed by atoms with Gasteiger partial charge in [-0.1, -0.05) is 54.4 Å². The molecule has 0 fully saturated rings. The molecule has 0 saturated carbocycles. The molecule has 0 bridgehead atoms. The Labute approximate surface area is 196 Å². The largest absolute Gasteiger partial charge is 0.465 e. The second-order valence-corrected chi connectivity index (χ2v) is 8.04. The monoisotopic (exact) mass is 501 g/mol. The van der Waals surface area contributed by atoms with E-state index in [4.69, 9.17) is 23.2 Å². The van der Waals surface area contributed by atoms with Gasteiger partial charge in [0.2, 0.25) is 0 Å². The van der Waals surface area contributed by atoms with Gasteiger partial charge in [0, 0.05) is 17.1 Å². The van der Waals surface area contributed by atoms with Crippen LogP contribution in [-0.4, -0.2) is 29.3 Å². The minimum atomic E-state index is -5.08. The maximum atomic E-state index is 14.3. The highest BCUT2D eigenvalue weighted by molar-refractivity contribution is 6.31. The number of carbonyl (C=O) groups is 1. The van der Waals surface area contributed by atoms with E-state index in [-0.39, 0.29) is 32.4 Å². The normalized spacial score (nSPS) is 14.5. The summed E-state index contributed by atoms with van der Waals surface area (Å²) in [5.74, 6) is -3.31. The zero-order chi connectivity index (χ0) is 24.6. The van der Waals surface area contributed by atoms with Gasteiger partial charge >= 0.3 is 12.1 Å². The van der Waals surface area contributed by atoms with Crippen LogP contribution in [0.1, 0.15) is 34.3 Å². The number of benzene rings is 2. The van der Waals surface area contributed by atoms with Gasteiger partial charge in [-0.3, -0.25) is 0 Å². The Morgan fingerprint density at radius 1 is 1.12 bits per heavy atom. The van der Waals surface area contributed by atoms with Crippen LogP contribution in [0.5, 0.6) is 0 Å². The Morgan fingerprint density at radius 3 is 2.39 bits per heavy atom. The van der Waals surface area contributed by atoms with E-state index in [2.05, 4.69) is 9.72 Å². The third-order valence-electron chi connectivity index (χ3n) is 5.41. The number of rotatable bonds is 5. The number of esters is 1. The molecule has 0 spiro atoms. The number of aliphatic hydroxyl groups is 1. The summed E-state index contributed by atoms with van der Waals surface area (Å²) in [6.45, 7) is 1.17. The highest BCUT2D eigenvalue weighted by atomic mass is 35.5. The summed E-state index contributed by atoms with van der Waals surface area (Å²) in [7, 11) is 1.10. The quantitative estimate of drug-likeness (QED) is 0.245. The molecule has 2 aromatic carbocycles.